The molecular formula is C37H53FO3. The molecule has 1 aromatic carbocycles. The van der Waals surface area contributed by atoms with Crippen LogP contribution in [-0.4, -0.2) is 18.6 Å². The van der Waals surface area contributed by atoms with Crippen molar-refractivity contribution >= 4 is 12.2 Å². The first-order chi connectivity index (χ1) is 19.6. The molecule has 3 fully saturated rings. The zero-order chi connectivity index (χ0) is 29.2. The SMILES string of the molecule is CC(C)CCC[C@@H](C)[C@H]1CC[C@H]2[C@@H]3CC=C4CC(OC(=O)OC(F)/C=C\c5ccccc5)CC[C@]4(C)[C@H]3CC[C@]12C. The van der Waals surface area contributed by atoms with Crippen molar-refractivity contribution in [3.63, 3.8) is 0 Å². The van der Waals surface area contributed by atoms with Crippen molar-refractivity contribution in [1.29, 1.82) is 0 Å². The van der Waals surface area contributed by atoms with Crippen LogP contribution in [0.1, 0.15) is 111 Å². The second-order valence-electron chi connectivity index (χ2n) is 14.8. The predicted molar refractivity (Wildman–Crippen MR) is 165 cm³/mol. The number of halogens is 1. The second-order valence-corrected chi connectivity index (χ2v) is 14.8. The number of carbonyl (C=O) groups is 1. The van der Waals surface area contributed by atoms with Crippen LogP contribution in [0.15, 0.2) is 48.1 Å². The molecule has 0 spiro atoms. The largest absolute Gasteiger partial charge is 0.511 e. The highest BCUT2D eigenvalue weighted by Gasteiger charge is 2.59. The molecule has 226 valence electrons. The van der Waals surface area contributed by atoms with E-state index in [1.54, 1.807) is 6.08 Å². The molecule has 3 nitrogen and oxygen atoms in total. The quantitative estimate of drug-likeness (QED) is 0.221. The molecule has 4 heteroatoms. The molecule has 41 heavy (non-hydrogen) atoms. The number of fused-ring (bicyclic) bond motifs is 5. The van der Waals surface area contributed by atoms with Crippen molar-refractivity contribution in [1.82, 2.24) is 0 Å². The van der Waals surface area contributed by atoms with Crippen LogP contribution in [0.5, 0.6) is 0 Å². The second kappa shape index (κ2) is 12.6. The maximum Gasteiger partial charge on any atom is 0.511 e. The van der Waals surface area contributed by atoms with Crippen LogP contribution in [0.4, 0.5) is 9.18 Å². The van der Waals surface area contributed by atoms with Crippen molar-refractivity contribution in [3.05, 3.63) is 53.6 Å². The fraction of sp³-hybridized carbons (Fsp3) is 0.703. The summed E-state index contributed by atoms with van der Waals surface area (Å²) in [5.74, 6) is 4.85. The Labute approximate surface area is 248 Å². The lowest BCUT2D eigenvalue weighted by Crippen LogP contribution is -2.51. The molecule has 3 saturated carbocycles. The van der Waals surface area contributed by atoms with Crippen LogP contribution >= 0.6 is 0 Å². The Bertz CT molecular complexity index is 1090. The molecule has 0 N–H and O–H groups in total. The van der Waals surface area contributed by atoms with Gasteiger partial charge in [0.05, 0.1) is 0 Å². The Morgan fingerprint density at radius 1 is 1.02 bits per heavy atom. The molecule has 1 aromatic rings. The van der Waals surface area contributed by atoms with Gasteiger partial charge in [0.2, 0.25) is 0 Å². The van der Waals surface area contributed by atoms with E-state index in [9.17, 15) is 9.18 Å². The Morgan fingerprint density at radius 2 is 1.80 bits per heavy atom. The van der Waals surface area contributed by atoms with E-state index < -0.39 is 12.5 Å². The molecule has 4 aliphatic rings. The van der Waals surface area contributed by atoms with Gasteiger partial charge in [-0.2, -0.15) is 4.39 Å². The third kappa shape index (κ3) is 6.47. The highest BCUT2D eigenvalue weighted by Crippen LogP contribution is 2.67. The van der Waals surface area contributed by atoms with E-state index in [4.69, 9.17) is 9.47 Å². The highest BCUT2D eigenvalue weighted by molar-refractivity contribution is 5.61. The van der Waals surface area contributed by atoms with E-state index in [1.165, 1.54) is 56.6 Å². The molecule has 0 aromatic heterocycles. The van der Waals surface area contributed by atoms with E-state index >= 15 is 0 Å². The molecule has 4 aliphatic carbocycles. The van der Waals surface area contributed by atoms with Gasteiger partial charge >= 0.3 is 6.16 Å². The number of rotatable bonds is 9. The van der Waals surface area contributed by atoms with Crippen molar-refractivity contribution in [2.75, 3.05) is 0 Å². The molecule has 0 heterocycles. The Hall–Kier alpha value is -2.10. The van der Waals surface area contributed by atoms with E-state index in [0.717, 1.165) is 66.8 Å². The maximum atomic E-state index is 14.3. The Kier molecular flexibility index (Phi) is 9.36. The van der Waals surface area contributed by atoms with Gasteiger partial charge in [0.25, 0.3) is 6.36 Å². The molecular weight excluding hydrogens is 511 g/mol. The lowest BCUT2D eigenvalue weighted by molar-refractivity contribution is -0.0670. The van der Waals surface area contributed by atoms with E-state index in [-0.39, 0.29) is 11.5 Å². The summed E-state index contributed by atoms with van der Waals surface area (Å²) >= 11 is 0. The fourth-order valence-corrected chi connectivity index (χ4v) is 9.80. The van der Waals surface area contributed by atoms with Crippen LogP contribution in [-0.2, 0) is 9.47 Å². The van der Waals surface area contributed by atoms with Crippen LogP contribution in [0.3, 0.4) is 0 Å². The number of alkyl halides is 1. The molecule has 0 saturated heterocycles. The molecule has 0 amide bonds. The van der Waals surface area contributed by atoms with Gasteiger partial charge in [0.15, 0.2) is 0 Å². The summed E-state index contributed by atoms with van der Waals surface area (Å²) < 4.78 is 24.8. The summed E-state index contributed by atoms with van der Waals surface area (Å²) in [4.78, 5) is 12.4. The summed E-state index contributed by atoms with van der Waals surface area (Å²) in [6.45, 7) is 12.4. The van der Waals surface area contributed by atoms with Crippen LogP contribution in [0.25, 0.3) is 6.08 Å². The van der Waals surface area contributed by atoms with E-state index in [1.807, 2.05) is 30.3 Å². The van der Waals surface area contributed by atoms with Crippen molar-refractivity contribution in [2.24, 2.45) is 46.3 Å². The number of ether oxygens (including phenoxy) is 2. The third-order valence-corrected chi connectivity index (χ3v) is 12.0. The molecule has 2 unspecified atom stereocenters. The summed E-state index contributed by atoms with van der Waals surface area (Å²) in [6, 6.07) is 9.41. The smallest absolute Gasteiger partial charge is 0.431 e. The van der Waals surface area contributed by atoms with E-state index in [2.05, 4.69) is 40.7 Å². The first kappa shape index (κ1) is 30.4. The Balaban J connectivity index is 1.17. The predicted octanol–water partition coefficient (Wildman–Crippen LogP) is 10.6. The third-order valence-electron chi connectivity index (χ3n) is 12.0. The standard InChI is InChI=1S/C37H53FO3/c1-25(2)10-9-11-26(3)31-17-18-32-30-16-15-28-24-29(20-22-36(28,4)33(30)21-23-37(31,32)5)40-35(39)41-34(38)19-14-27-12-7-6-8-13-27/h6-8,12-15,19,25-26,29-34H,9-11,16-18,20-24H2,1-5H3/b19-14-/t26-,29?,30+,31-,32+,33+,34?,36+,37-/m1/s1. The fourth-order valence-electron chi connectivity index (χ4n) is 9.80. The summed E-state index contributed by atoms with van der Waals surface area (Å²) in [5.41, 5.74) is 3.00. The summed E-state index contributed by atoms with van der Waals surface area (Å²) in [6.07, 6.45) is 15.8. The zero-order valence-corrected chi connectivity index (χ0v) is 26.1. The van der Waals surface area contributed by atoms with Crippen LogP contribution in [0, 0.1) is 46.3 Å². The minimum Gasteiger partial charge on any atom is -0.431 e. The number of carbonyl (C=O) groups excluding carboxylic acids is 1. The first-order valence-electron chi connectivity index (χ1n) is 16.5. The highest BCUT2D eigenvalue weighted by atomic mass is 19.1. The molecule has 5 rings (SSSR count). The molecule has 9 atom stereocenters. The van der Waals surface area contributed by atoms with Crippen molar-refractivity contribution in [3.8, 4) is 0 Å². The van der Waals surface area contributed by atoms with Crippen molar-refractivity contribution < 1.29 is 18.7 Å². The average Bonchev–Trinajstić information content (AvgIpc) is 3.30. The monoisotopic (exact) mass is 564 g/mol. The number of benzene rings is 1. The van der Waals surface area contributed by atoms with Crippen LogP contribution < -0.4 is 0 Å². The van der Waals surface area contributed by atoms with Gasteiger partial charge in [-0.15, -0.1) is 0 Å². The average molecular weight is 565 g/mol. The normalized spacial score (nSPS) is 36.2. The number of hydrogen-bond donors (Lipinski definition) is 0. The first-order valence-corrected chi connectivity index (χ1v) is 16.5. The maximum absolute atomic E-state index is 14.3. The van der Waals surface area contributed by atoms with Crippen LogP contribution in [0.2, 0.25) is 0 Å². The Morgan fingerprint density at radius 3 is 2.56 bits per heavy atom. The van der Waals surface area contributed by atoms with Gasteiger partial charge in [-0.25, -0.2) is 4.79 Å². The summed E-state index contributed by atoms with van der Waals surface area (Å²) in [5, 5.41) is 0. The zero-order valence-electron chi connectivity index (χ0n) is 26.1. The number of hydrogen-bond acceptors (Lipinski definition) is 3. The summed E-state index contributed by atoms with van der Waals surface area (Å²) in [7, 11) is 0. The topological polar surface area (TPSA) is 35.5 Å². The van der Waals surface area contributed by atoms with E-state index in [0.29, 0.717) is 5.41 Å². The lowest BCUT2D eigenvalue weighted by atomic mass is 9.47. The minimum atomic E-state index is -1.82. The van der Waals surface area contributed by atoms with Gasteiger partial charge in [-0.1, -0.05) is 102 Å². The molecule has 0 radical (unpaired) electrons. The minimum absolute atomic E-state index is 0.191. The van der Waals surface area contributed by atoms with Gasteiger partial charge in [-0.3, -0.25) is 0 Å². The van der Waals surface area contributed by atoms with Gasteiger partial charge in [0, 0.05) is 6.42 Å². The lowest BCUT2D eigenvalue weighted by Gasteiger charge is -2.58. The molecule has 0 bridgehead atoms. The van der Waals surface area contributed by atoms with Crippen molar-refractivity contribution in [2.45, 2.75) is 118 Å². The van der Waals surface area contributed by atoms with Gasteiger partial charge < -0.3 is 9.47 Å². The van der Waals surface area contributed by atoms with Gasteiger partial charge in [0.1, 0.15) is 6.10 Å². The number of allylic oxidation sites excluding steroid dienone is 1. The molecule has 0 aliphatic heterocycles. The van der Waals surface area contributed by atoms with Gasteiger partial charge in [-0.05, 0) is 103 Å².